The molecular formula is C11H17NO4S. The Morgan fingerprint density at radius 1 is 1.47 bits per heavy atom. The van der Waals surface area contributed by atoms with Crippen molar-refractivity contribution in [3.05, 3.63) is 0 Å². The van der Waals surface area contributed by atoms with E-state index in [9.17, 15) is 14.4 Å². The summed E-state index contributed by atoms with van der Waals surface area (Å²) in [6.45, 7) is 3.87. The summed E-state index contributed by atoms with van der Waals surface area (Å²) in [5.74, 6) is -1.17. The maximum absolute atomic E-state index is 11.5. The number of hydrogen-bond acceptors (Lipinski definition) is 6. The Bertz CT molecular complexity index is 313. The molecule has 0 aromatic carbocycles. The number of rotatable bonds is 4. The fourth-order valence-electron chi connectivity index (χ4n) is 1.47. The molecule has 1 aliphatic heterocycles. The molecule has 0 amide bonds. The van der Waals surface area contributed by atoms with Crippen LogP contribution in [0, 0.1) is 5.92 Å². The number of hydrogen-bond donors (Lipinski definition) is 1. The van der Waals surface area contributed by atoms with Crippen LogP contribution >= 0.6 is 11.8 Å². The first-order valence-corrected chi connectivity index (χ1v) is 6.61. The zero-order chi connectivity index (χ0) is 12.8. The molecule has 1 N–H and O–H groups in total. The summed E-state index contributed by atoms with van der Waals surface area (Å²) in [5, 5.41) is 2.92. The van der Waals surface area contributed by atoms with Gasteiger partial charge in [-0.3, -0.25) is 9.59 Å². The Labute approximate surface area is 105 Å². The Morgan fingerprint density at radius 3 is 2.71 bits per heavy atom. The minimum atomic E-state index is -0.558. The van der Waals surface area contributed by atoms with Gasteiger partial charge in [-0.2, -0.15) is 0 Å². The summed E-state index contributed by atoms with van der Waals surface area (Å²) >= 11 is 1.06. The Morgan fingerprint density at radius 2 is 2.18 bits per heavy atom. The fourth-order valence-corrected chi connectivity index (χ4v) is 2.09. The van der Waals surface area contributed by atoms with Crippen LogP contribution in [0.2, 0.25) is 0 Å². The summed E-state index contributed by atoms with van der Waals surface area (Å²) < 4.78 is 4.76. The number of esters is 2. The second-order valence-electron chi connectivity index (χ2n) is 4.09. The molecule has 1 fully saturated rings. The largest absolute Gasteiger partial charge is 0.392 e. The van der Waals surface area contributed by atoms with Gasteiger partial charge in [0.25, 0.3) is 0 Å². The molecule has 0 bridgehead atoms. The number of carbonyl (C=O) groups excluding carboxylic acids is 3. The number of ether oxygens (including phenoxy) is 1. The monoisotopic (exact) mass is 259 g/mol. The summed E-state index contributed by atoms with van der Waals surface area (Å²) in [6.07, 6.45) is 1.63. The van der Waals surface area contributed by atoms with E-state index in [1.165, 1.54) is 6.92 Å². The van der Waals surface area contributed by atoms with Crippen LogP contribution in [0.3, 0.4) is 0 Å². The molecule has 1 aliphatic rings. The lowest BCUT2D eigenvalue weighted by Gasteiger charge is -2.12. The summed E-state index contributed by atoms with van der Waals surface area (Å²) in [4.78, 5) is 33.8. The second-order valence-corrected chi connectivity index (χ2v) is 5.29. The maximum atomic E-state index is 11.5. The highest BCUT2D eigenvalue weighted by Gasteiger charge is 2.27. The molecule has 17 heavy (non-hydrogen) atoms. The topological polar surface area (TPSA) is 72.5 Å². The minimum absolute atomic E-state index is 0.0477. The predicted molar refractivity (Wildman–Crippen MR) is 64.4 cm³/mol. The first-order chi connectivity index (χ1) is 8.00. The highest BCUT2D eigenvalue weighted by atomic mass is 32.2. The van der Waals surface area contributed by atoms with Crippen molar-refractivity contribution in [3.8, 4) is 0 Å². The highest BCUT2D eigenvalue weighted by molar-refractivity contribution is 8.13. The molecule has 96 valence electrons. The zero-order valence-electron chi connectivity index (χ0n) is 10.0. The number of nitrogens with one attached hydrogen (secondary N) is 1. The average molecular weight is 259 g/mol. The summed E-state index contributed by atoms with van der Waals surface area (Å²) in [6, 6.07) is -0.355. The van der Waals surface area contributed by atoms with E-state index in [0.717, 1.165) is 24.7 Å². The summed E-state index contributed by atoms with van der Waals surface area (Å²) in [5.41, 5.74) is 0. The highest BCUT2D eigenvalue weighted by Crippen LogP contribution is 2.12. The number of carbonyl (C=O) groups is 3. The first-order valence-electron chi connectivity index (χ1n) is 5.63. The lowest BCUT2D eigenvalue weighted by Crippen LogP contribution is -2.35. The molecule has 0 radical (unpaired) electrons. The van der Waals surface area contributed by atoms with Gasteiger partial charge in [-0.05, 0) is 19.4 Å². The van der Waals surface area contributed by atoms with E-state index in [-0.39, 0.29) is 11.2 Å². The normalized spacial score (nSPS) is 20.9. The van der Waals surface area contributed by atoms with Crippen LogP contribution in [-0.2, 0) is 19.1 Å². The van der Waals surface area contributed by atoms with Gasteiger partial charge in [0.1, 0.15) is 6.04 Å². The van der Waals surface area contributed by atoms with Gasteiger partial charge < -0.3 is 10.1 Å². The standard InChI is InChI=1S/C11H17NO4S/c1-7(6-17-8(2)13)10(14)16-11(15)9-4-3-5-12-9/h7,9,12H,3-6H2,1-2H3/t7-,9?/m1/s1. The van der Waals surface area contributed by atoms with Gasteiger partial charge in [0.2, 0.25) is 0 Å². The first kappa shape index (κ1) is 14.2. The fraction of sp³-hybridized carbons (Fsp3) is 0.727. The van der Waals surface area contributed by atoms with Gasteiger partial charge in [0.05, 0.1) is 5.92 Å². The van der Waals surface area contributed by atoms with Crippen molar-refractivity contribution >= 4 is 28.8 Å². The van der Waals surface area contributed by atoms with Crippen LogP contribution in [0.25, 0.3) is 0 Å². The van der Waals surface area contributed by atoms with Crippen molar-refractivity contribution in [1.82, 2.24) is 5.32 Å². The Hall–Kier alpha value is -0.880. The molecule has 0 aliphatic carbocycles. The van der Waals surface area contributed by atoms with Crippen LogP contribution < -0.4 is 5.32 Å². The van der Waals surface area contributed by atoms with E-state index in [1.807, 2.05) is 0 Å². The molecule has 1 saturated heterocycles. The lowest BCUT2D eigenvalue weighted by atomic mass is 10.2. The van der Waals surface area contributed by atoms with Crippen molar-refractivity contribution in [3.63, 3.8) is 0 Å². The number of thioether (sulfide) groups is 1. The molecule has 1 rings (SSSR count). The van der Waals surface area contributed by atoms with Crippen molar-refractivity contribution in [2.24, 2.45) is 5.92 Å². The molecule has 5 nitrogen and oxygen atoms in total. The Kier molecular flexibility index (Phi) is 5.64. The van der Waals surface area contributed by atoms with Gasteiger partial charge in [-0.1, -0.05) is 18.7 Å². The molecule has 0 aromatic rings. The van der Waals surface area contributed by atoms with Crippen LogP contribution in [0.5, 0.6) is 0 Å². The van der Waals surface area contributed by atoms with E-state index in [4.69, 9.17) is 4.74 Å². The molecule has 6 heteroatoms. The van der Waals surface area contributed by atoms with Crippen molar-refractivity contribution in [2.45, 2.75) is 32.7 Å². The third kappa shape index (κ3) is 4.87. The molecule has 0 saturated carbocycles. The minimum Gasteiger partial charge on any atom is -0.392 e. The molecule has 2 atom stereocenters. The maximum Gasteiger partial charge on any atom is 0.330 e. The van der Waals surface area contributed by atoms with Gasteiger partial charge in [0.15, 0.2) is 5.12 Å². The summed E-state index contributed by atoms with van der Waals surface area (Å²) in [7, 11) is 0. The SMILES string of the molecule is CC(=O)SC[C@@H](C)C(=O)OC(=O)C1CCCN1. The molecule has 1 heterocycles. The predicted octanol–water partition coefficient (Wildman–Crippen LogP) is 0.724. The lowest BCUT2D eigenvalue weighted by molar-refractivity contribution is -0.163. The molecule has 1 unspecified atom stereocenters. The van der Waals surface area contributed by atoms with Crippen molar-refractivity contribution in [2.75, 3.05) is 12.3 Å². The quantitative estimate of drug-likeness (QED) is 0.592. The second kappa shape index (κ2) is 6.76. The van der Waals surface area contributed by atoms with Crippen molar-refractivity contribution in [1.29, 1.82) is 0 Å². The van der Waals surface area contributed by atoms with E-state index < -0.39 is 17.9 Å². The average Bonchev–Trinajstić information content (AvgIpc) is 2.78. The van der Waals surface area contributed by atoms with Crippen LogP contribution in [0.1, 0.15) is 26.7 Å². The van der Waals surface area contributed by atoms with E-state index in [0.29, 0.717) is 12.2 Å². The third-order valence-corrected chi connectivity index (χ3v) is 3.56. The van der Waals surface area contributed by atoms with Crippen LogP contribution in [0.15, 0.2) is 0 Å². The molecule has 0 spiro atoms. The van der Waals surface area contributed by atoms with Gasteiger partial charge >= 0.3 is 11.9 Å². The molecule has 0 aromatic heterocycles. The van der Waals surface area contributed by atoms with Crippen LogP contribution in [0.4, 0.5) is 0 Å². The Balaban J connectivity index is 2.31. The van der Waals surface area contributed by atoms with E-state index >= 15 is 0 Å². The van der Waals surface area contributed by atoms with Gasteiger partial charge in [-0.25, -0.2) is 4.79 Å². The van der Waals surface area contributed by atoms with Crippen molar-refractivity contribution < 1.29 is 19.1 Å². The van der Waals surface area contributed by atoms with Gasteiger partial charge in [0, 0.05) is 12.7 Å². The van der Waals surface area contributed by atoms with E-state index in [2.05, 4.69) is 5.32 Å². The van der Waals surface area contributed by atoms with E-state index in [1.54, 1.807) is 6.92 Å². The zero-order valence-corrected chi connectivity index (χ0v) is 10.8. The molecular weight excluding hydrogens is 242 g/mol. The van der Waals surface area contributed by atoms with Crippen LogP contribution in [-0.4, -0.2) is 35.4 Å². The van der Waals surface area contributed by atoms with Gasteiger partial charge in [-0.15, -0.1) is 0 Å². The third-order valence-electron chi connectivity index (χ3n) is 2.48. The smallest absolute Gasteiger partial charge is 0.330 e.